The molecule has 2 rings (SSSR count). The Morgan fingerprint density at radius 2 is 1.89 bits per heavy atom. The molecule has 1 unspecified atom stereocenters. The van der Waals surface area contributed by atoms with E-state index < -0.39 is 0 Å². The minimum atomic E-state index is 0.233. The SMILES string of the molecule is CCCC(N[C@@H](C)c1ccco1)c1ccccc1. The maximum atomic E-state index is 5.45. The van der Waals surface area contributed by atoms with E-state index >= 15 is 0 Å². The van der Waals surface area contributed by atoms with Gasteiger partial charge in [0.2, 0.25) is 0 Å². The minimum absolute atomic E-state index is 0.233. The third kappa shape index (κ3) is 3.23. The molecule has 0 aliphatic rings. The van der Waals surface area contributed by atoms with Gasteiger partial charge in [0.25, 0.3) is 0 Å². The van der Waals surface area contributed by atoms with Crippen molar-refractivity contribution in [3.63, 3.8) is 0 Å². The predicted molar refractivity (Wildman–Crippen MR) is 74.3 cm³/mol. The van der Waals surface area contributed by atoms with Gasteiger partial charge in [0, 0.05) is 6.04 Å². The lowest BCUT2D eigenvalue weighted by atomic mass is 10.0. The maximum absolute atomic E-state index is 5.45. The van der Waals surface area contributed by atoms with E-state index in [1.165, 1.54) is 5.56 Å². The van der Waals surface area contributed by atoms with E-state index in [0.717, 1.165) is 18.6 Å². The van der Waals surface area contributed by atoms with Crippen molar-refractivity contribution in [3.05, 3.63) is 60.1 Å². The second-order valence-electron chi connectivity index (χ2n) is 4.66. The van der Waals surface area contributed by atoms with E-state index in [0.29, 0.717) is 6.04 Å². The highest BCUT2D eigenvalue weighted by atomic mass is 16.3. The molecule has 2 atom stereocenters. The molecule has 1 aromatic heterocycles. The van der Waals surface area contributed by atoms with Crippen molar-refractivity contribution in [3.8, 4) is 0 Å². The Kier molecular flexibility index (Phi) is 4.59. The van der Waals surface area contributed by atoms with Crippen LogP contribution in [0.5, 0.6) is 0 Å². The first-order valence-electron chi connectivity index (χ1n) is 6.65. The first-order chi connectivity index (χ1) is 8.81. The van der Waals surface area contributed by atoms with E-state index in [4.69, 9.17) is 4.42 Å². The van der Waals surface area contributed by atoms with Crippen molar-refractivity contribution < 1.29 is 4.42 Å². The molecule has 0 fully saturated rings. The van der Waals surface area contributed by atoms with Crippen LogP contribution in [0.1, 0.15) is 50.1 Å². The summed E-state index contributed by atoms with van der Waals surface area (Å²) in [6.07, 6.45) is 4.03. The molecule has 0 aliphatic carbocycles. The zero-order valence-corrected chi connectivity index (χ0v) is 11.1. The van der Waals surface area contributed by atoms with Crippen LogP contribution in [0.4, 0.5) is 0 Å². The summed E-state index contributed by atoms with van der Waals surface area (Å²) in [5.74, 6) is 0.993. The van der Waals surface area contributed by atoms with Gasteiger partial charge in [0.05, 0.1) is 12.3 Å². The average molecular weight is 243 g/mol. The number of nitrogens with one attached hydrogen (secondary N) is 1. The molecule has 1 N–H and O–H groups in total. The number of benzene rings is 1. The zero-order chi connectivity index (χ0) is 12.8. The third-order valence-corrected chi connectivity index (χ3v) is 3.20. The number of furan rings is 1. The van der Waals surface area contributed by atoms with Crippen LogP contribution in [0.2, 0.25) is 0 Å². The molecule has 1 heterocycles. The Morgan fingerprint density at radius 3 is 2.50 bits per heavy atom. The van der Waals surface area contributed by atoms with Gasteiger partial charge >= 0.3 is 0 Å². The zero-order valence-electron chi connectivity index (χ0n) is 11.1. The minimum Gasteiger partial charge on any atom is -0.468 e. The van der Waals surface area contributed by atoms with Gasteiger partial charge in [-0.05, 0) is 31.0 Å². The molecule has 0 saturated heterocycles. The highest BCUT2D eigenvalue weighted by Gasteiger charge is 2.15. The van der Waals surface area contributed by atoms with Crippen LogP contribution in [0.15, 0.2) is 53.1 Å². The van der Waals surface area contributed by atoms with Gasteiger partial charge in [-0.2, -0.15) is 0 Å². The van der Waals surface area contributed by atoms with Gasteiger partial charge in [-0.3, -0.25) is 0 Å². The Morgan fingerprint density at radius 1 is 1.11 bits per heavy atom. The first kappa shape index (κ1) is 12.9. The van der Waals surface area contributed by atoms with Crippen molar-refractivity contribution >= 4 is 0 Å². The smallest absolute Gasteiger partial charge is 0.120 e. The fraction of sp³-hybridized carbons (Fsp3) is 0.375. The standard InChI is InChI=1S/C16H21NO/c1-3-8-15(14-9-5-4-6-10-14)17-13(2)16-11-7-12-18-16/h4-7,9-13,15,17H,3,8H2,1-2H3/t13-,15?/m0/s1. The highest BCUT2D eigenvalue weighted by Crippen LogP contribution is 2.23. The van der Waals surface area contributed by atoms with Crippen LogP contribution in [0.25, 0.3) is 0 Å². The van der Waals surface area contributed by atoms with Gasteiger partial charge in [0.15, 0.2) is 0 Å². The molecule has 0 amide bonds. The quantitative estimate of drug-likeness (QED) is 0.809. The predicted octanol–water partition coefficient (Wildman–Crippen LogP) is 4.47. The highest BCUT2D eigenvalue weighted by molar-refractivity contribution is 5.19. The van der Waals surface area contributed by atoms with Crippen molar-refractivity contribution in [2.24, 2.45) is 0 Å². The fourth-order valence-electron chi connectivity index (χ4n) is 2.24. The Bertz CT molecular complexity index is 435. The maximum Gasteiger partial charge on any atom is 0.120 e. The molecule has 2 aromatic rings. The van der Waals surface area contributed by atoms with Crippen LogP contribution in [-0.4, -0.2) is 0 Å². The Balaban J connectivity index is 2.07. The molecular weight excluding hydrogens is 222 g/mol. The molecular formula is C16H21NO. The van der Waals surface area contributed by atoms with E-state index in [-0.39, 0.29) is 6.04 Å². The molecule has 96 valence electrons. The molecule has 18 heavy (non-hydrogen) atoms. The van der Waals surface area contributed by atoms with E-state index in [1.54, 1.807) is 6.26 Å². The van der Waals surface area contributed by atoms with Crippen LogP contribution in [0.3, 0.4) is 0 Å². The van der Waals surface area contributed by atoms with Crippen molar-refractivity contribution in [1.29, 1.82) is 0 Å². The summed E-state index contributed by atoms with van der Waals surface area (Å²) in [5.41, 5.74) is 1.35. The van der Waals surface area contributed by atoms with Gasteiger partial charge in [-0.25, -0.2) is 0 Å². The lowest BCUT2D eigenvalue weighted by Crippen LogP contribution is -2.24. The topological polar surface area (TPSA) is 25.2 Å². The lowest BCUT2D eigenvalue weighted by Gasteiger charge is -2.22. The van der Waals surface area contributed by atoms with Crippen LogP contribution < -0.4 is 5.32 Å². The normalized spacial score (nSPS) is 14.3. The number of hydrogen-bond donors (Lipinski definition) is 1. The second-order valence-corrected chi connectivity index (χ2v) is 4.66. The molecule has 1 aromatic carbocycles. The monoisotopic (exact) mass is 243 g/mol. The van der Waals surface area contributed by atoms with Crippen molar-refractivity contribution in [2.45, 2.75) is 38.8 Å². The van der Waals surface area contributed by atoms with Gasteiger partial charge in [0.1, 0.15) is 5.76 Å². The summed E-state index contributed by atoms with van der Waals surface area (Å²) in [5, 5.41) is 3.64. The lowest BCUT2D eigenvalue weighted by molar-refractivity contribution is 0.379. The van der Waals surface area contributed by atoms with Crippen molar-refractivity contribution in [1.82, 2.24) is 5.32 Å². The van der Waals surface area contributed by atoms with E-state index in [9.17, 15) is 0 Å². The van der Waals surface area contributed by atoms with Crippen molar-refractivity contribution in [2.75, 3.05) is 0 Å². The molecule has 0 aliphatic heterocycles. The third-order valence-electron chi connectivity index (χ3n) is 3.20. The van der Waals surface area contributed by atoms with E-state index in [1.807, 2.05) is 12.1 Å². The largest absolute Gasteiger partial charge is 0.468 e. The first-order valence-corrected chi connectivity index (χ1v) is 6.65. The summed E-state index contributed by atoms with van der Waals surface area (Å²) < 4.78 is 5.45. The molecule has 0 radical (unpaired) electrons. The molecule has 0 bridgehead atoms. The Hall–Kier alpha value is -1.54. The van der Waals surface area contributed by atoms with E-state index in [2.05, 4.69) is 49.5 Å². The molecule has 0 spiro atoms. The average Bonchev–Trinajstić information content (AvgIpc) is 2.93. The molecule has 2 heteroatoms. The summed E-state index contributed by atoms with van der Waals surface area (Å²) in [6, 6.07) is 15.2. The molecule has 2 nitrogen and oxygen atoms in total. The fourth-order valence-corrected chi connectivity index (χ4v) is 2.24. The van der Waals surface area contributed by atoms with Gasteiger partial charge in [-0.15, -0.1) is 0 Å². The number of hydrogen-bond acceptors (Lipinski definition) is 2. The number of rotatable bonds is 6. The van der Waals surface area contributed by atoms with Gasteiger partial charge in [-0.1, -0.05) is 43.7 Å². The summed E-state index contributed by atoms with van der Waals surface area (Å²) >= 11 is 0. The van der Waals surface area contributed by atoms with Crippen LogP contribution in [0, 0.1) is 0 Å². The van der Waals surface area contributed by atoms with Gasteiger partial charge < -0.3 is 9.73 Å². The van der Waals surface area contributed by atoms with Crippen LogP contribution >= 0.6 is 0 Å². The van der Waals surface area contributed by atoms with Crippen LogP contribution in [-0.2, 0) is 0 Å². The summed E-state index contributed by atoms with van der Waals surface area (Å²) in [4.78, 5) is 0. The Labute approximate surface area is 109 Å². The summed E-state index contributed by atoms with van der Waals surface area (Å²) in [7, 11) is 0. The summed E-state index contributed by atoms with van der Waals surface area (Å²) in [6.45, 7) is 4.36. The second kappa shape index (κ2) is 6.41. The molecule has 0 saturated carbocycles.